The highest BCUT2D eigenvalue weighted by Gasteiger charge is 2.48. The van der Waals surface area contributed by atoms with Crippen molar-refractivity contribution in [2.24, 2.45) is 0 Å². The lowest BCUT2D eigenvalue weighted by atomic mass is 9.98. The van der Waals surface area contributed by atoms with Gasteiger partial charge in [0.1, 0.15) is 29.6 Å². The molecule has 2 fully saturated rings. The van der Waals surface area contributed by atoms with Crippen molar-refractivity contribution < 1.29 is 36.5 Å². The van der Waals surface area contributed by atoms with Gasteiger partial charge in [-0.1, -0.05) is 48.5 Å². The first-order valence-corrected chi connectivity index (χ1v) is 14.1. The van der Waals surface area contributed by atoms with Crippen molar-refractivity contribution in [3.05, 3.63) is 71.8 Å². The fraction of sp³-hybridized carbons (Fsp3) is 0.296. The fourth-order valence-corrected chi connectivity index (χ4v) is 5.79. The van der Waals surface area contributed by atoms with Crippen molar-refractivity contribution in [3.63, 3.8) is 0 Å². The van der Waals surface area contributed by atoms with Crippen LogP contribution < -0.4 is 4.74 Å². The van der Waals surface area contributed by atoms with Crippen LogP contribution in [0.4, 0.5) is 8.78 Å². The zero-order valence-electron chi connectivity index (χ0n) is 20.2. The third-order valence-corrected chi connectivity index (χ3v) is 7.64. The number of benzene rings is 3. The van der Waals surface area contributed by atoms with Gasteiger partial charge in [-0.2, -0.15) is 4.98 Å². The molecule has 2 saturated heterocycles. The lowest BCUT2D eigenvalue weighted by Gasteiger charge is -2.15. The molecule has 0 radical (unpaired) electrons. The number of nitrogens with one attached hydrogen (secondary N) is 1. The molecule has 6 rings (SSSR count). The number of aliphatic hydroxyl groups is 1. The first kappa shape index (κ1) is 24.9. The van der Waals surface area contributed by atoms with E-state index >= 15 is 8.78 Å². The Morgan fingerprint density at radius 3 is 2.32 bits per heavy atom. The van der Waals surface area contributed by atoms with Crippen LogP contribution in [0.3, 0.4) is 0 Å². The van der Waals surface area contributed by atoms with E-state index in [2.05, 4.69) is 9.97 Å². The van der Waals surface area contributed by atoms with Crippen LogP contribution in [0.1, 0.15) is 5.56 Å². The summed E-state index contributed by atoms with van der Waals surface area (Å²) in [5.41, 5.74) is 2.55. The van der Waals surface area contributed by atoms with Crippen LogP contribution in [0.25, 0.3) is 33.3 Å². The number of aromatic nitrogens is 2. The average molecular weight is 543 g/mol. The molecule has 0 aliphatic carbocycles. The van der Waals surface area contributed by atoms with Crippen LogP contribution in [-0.4, -0.2) is 67.4 Å². The van der Waals surface area contributed by atoms with Crippen LogP contribution in [0.5, 0.6) is 6.01 Å². The third kappa shape index (κ3) is 4.66. The minimum atomic E-state index is -3.13. The summed E-state index contributed by atoms with van der Waals surface area (Å²) in [6, 6.07) is 15.0. The number of nitrogens with zero attached hydrogens (tertiary/aromatic N) is 1. The van der Waals surface area contributed by atoms with Crippen molar-refractivity contribution in [1.82, 2.24) is 9.97 Å². The summed E-state index contributed by atoms with van der Waals surface area (Å²) in [6.45, 7) is 0.324. The number of halogens is 2. The highest BCUT2D eigenvalue weighted by molar-refractivity contribution is 7.89. The van der Waals surface area contributed by atoms with Gasteiger partial charge in [0, 0.05) is 12.3 Å². The number of H-pyrrole nitrogens is 1. The number of imidazole rings is 1. The first-order chi connectivity index (χ1) is 18.2. The molecule has 3 heterocycles. The van der Waals surface area contributed by atoms with Gasteiger partial charge in [0.05, 0.1) is 30.0 Å². The number of fused-ring (bicyclic) bond motifs is 2. The van der Waals surface area contributed by atoms with E-state index in [9.17, 15) is 13.5 Å². The largest absolute Gasteiger partial charge is 0.456 e. The zero-order chi connectivity index (χ0) is 26.6. The van der Waals surface area contributed by atoms with Gasteiger partial charge in [0.2, 0.25) is 0 Å². The van der Waals surface area contributed by atoms with Gasteiger partial charge in [-0.25, -0.2) is 17.2 Å². The summed E-state index contributed by atoms with van der Waals surface area (Å²) in [5, 5.41) is 9.89. The van der Waals surface area contributed by atoms with Crippen LogP contribution in [0.2, 0.25) is 0 Å². The number of rotatable bonds is 6. The minimum Gasteiger partial charge on any atom is -0.456 e. The second-order valence-corrected chi connectivity index (χ2v) is 11.8. The van der Waals surface area contributed by atoms with E-state index in [-0.39, 0.29) is 41.6 Å². The van der Waals surface area contributed by atoms with Gasteiger partial charge < -0.3 is 24.3 Å². The van der Waals surface area contributed by atoms with Crippen molar-refractivity contribution in [3.8, 4) is 28.3 Å². The minimum absolute atomic E-state index is 0.00403. The molecule has 3 aromatic carbocycles. The van der Waals surface area contributed by atoms with E-state index in [4.69, 9.17) is 14.2 Å². The molecule has 11 heteroatoms. The van der Waals surface area contributed by atoms with Gasteiger partial charge >= 0.3 is 0 Å². The van der Waals surface area contributed by atoms with E-state index in [1.165, 1.54) is 12.3 Å². The standard InChI is InChI=1S/C27H24F2N2O6S/c1-38(33,34)13-14-2-4-15(5-3-14)16-6-8-17(9-7-16)22-18(28)10-19-24(23(22)29)31-27(30-19)37-21-12-36-25-20(32)11-35-26(21)25/h2-10,20-21,25-26,32H,11-13H2,1H3,(H,30,31). The predicted molar refractivity (Wildman–Crippen MR) is 135 cm³/mol. The highest BCUT2D eigenvalue weighted by atomic mass is 32.2. The van der Waals surface area contributed by atoms with Gasteiger partial charge in [-0.15, -0.1) is 0 Å². The number of aliphatic hydroxyl groups excluding tert-OH is 1. The van der Waals surface area contributed by atoms with Crippen LogP contribution in [0, 0.1) is 11.6 Å². The zero-order valence-corrected chi connectivity index (χ0v) is 21.0. The molecule has 38 heavy (non-hydrogen) atoms. The van der Waals surface area contributed by atoms with Crippen molar-refractivity contribution >= 4 is 20.9 Å². The Kier molecular flexibility index (Phi) is 6.18. The molecule has 0 saturated carbocycles. The molecule has 0 bridgehead atoms. The Morgan fingerprint density at radius 2 is 1.63 bits per heavy atom. The van der Waals surface area contributed by atoms with Gasteiger partial charge in [-0.3, -0.25) is 0 Å². The second kappa shape index (κ2) is 9.42. The molecule has 0 spiro atoms. The molecule has 4 unspecified atom stereocenters. The van der Waals surface area contributed by atoms with Crippen molar-refractivity contribution in [2.75, 3.05) is 19.5 Å². The number of hydrogen-bond acceptors (Lipinski definition) is 7. The normalized spacial score (nSPS) is 23.2. The summed E-state index contributed by atoms with van der Waals surface area (Å²) in [7, 11) is -3.13. The van der Waals surface area contributed by atoms with E-state index in [0.29, 0.717) is 11.1 Å². The summed E-state index contributed by atoms with van der Waals surface area (Å²) in [4.78, 5) is 7.00. The lowest BCUT2D eigenvalue weighted by Crippen LogP contribution is -2.34. The predicted octanol–water partition coefficient (Wildman–Crippen LogP) is 3.63. The van der Waals surface area contributed by atoms with E-state index in [1.54, 1.807) is 36.4 Å². The molecule has 1 aromatic heterocycles. The Balaban J connectivity index is 1.24. The molecule has 4 aromatic rings. The van der Waals surface area contributed by atoms with Crippen molar-refractivity contribution in [2.45, 2.75) is 30.2 Å². The summed E-state index contributed by atoms with van der Waals surface area (Å²) in [5.74, 6) is -1.62. The van der Waals surface area contributed by atoms with Crippen LogP contribution in [-0.2, 0) is 25.1 Å². The topological polar surface area (TPSA) is 111 Å². The maximum atomic E-state index is 15.5. The summed E-state index contributed by atoms with van der Waals surface area (Å²) in [6.07, 6.45) is -1.05. The Morgan fingerprint density at radius 1 is 1.00 bits per heavy atom. The number of sulfone groups is 1. The molecule has 4 atom stereocenters. The Hall–Kier alpha value is -3.38. The smallest absolute Gasteiger partial charge is 0.295 e. The maximum Gasteiger partial charge on any atom is 0.295 e. The van der Waals surface area contributed by atoms with Gasteiger partial charge in [0.25, 0.3) is 6.01 Å². The Labute approximate surface area is 217 Å². The first-order valence-electron chi connectivity index (χ1n) is 12.0. The van der Waals surface area contributed by atoms with E-state index in [1.807, 2.05) is 12.1 Å². The molecular formula is C27H24F2N2O6S. The van der Waals surface area contributed by atoms with E-state index in [0.717, 1.165) is 11.1 Å². The molecule has 0 amide bonds. The molecule has 2 aliphatic heterocycles. The fourth-order valence-electron chi connectivity index (χ4n) is 4.99. The summed E-state index contributed by atoms with van der Waals surface area (Å²) < 4.78 is 70.4. The van der Waals surface area contributed by atoms with Crippen molar-refractivity contribution in [1.29, 1.82) is 0 Å². The highest BCUT2D eigenvalue weighted by Crippen LogP contribution is 2.35. The SMILES string of the molecule is CS(=O)(=O)Cc1ccc(-c2ccc(-c3c(F)cc4[nH]c(OC5COC6C(O)COC56)nc4c3F)cc2)cc1. The van der Waals surface area contributed by atoms with Gasteiger partial charge in [-0.05, 0) is 22.3 Å². The number of hydrogen-bond donors (Lipinski definition) is 2. The lowest BCUT2D eigenvalue weighted by molar-refractivity contribution is 0.00706. The maximum absolute atomic E-state index is 15.5. The molecule has 8 nitrogen and oxygen atoms in total. The second-order valence-electron chi connectivity index (χ2n) is 9.65. The number of ether oxygens (including phenoxy) is 3. The molecule has 2 aliphatic rings. The van der Waals surface area contributed by atoms with E-state index < -0.39 is 45.9 Å². The third-order valence-electron chi connectivity index (χ3n) is 6.78. The molecule has 2 N–H and O–H groups in total. The van der Waals surface area contributed by atoms with Crippen LogP contribution >= 0.6 is 0 Å². The monoisotopic (exact) mass is 542 g/mol. The average Bonchev–Trinajstić information content (AvgIpc) is 3.56. The summed E-state index contributed by atoms with van der Waals surface area (Å²) >= 11 is 0. The quantitative estimate of drug-likeness (QED) is 0.383. The Bertz CT molecular complexity index is 1610. The number of aromatic amines is 1. The van der Waals surface area contributed by atoms with Gasteiger partial charge in [0.15, 0.2) is 21.8 Å². The molecular weight excluding hydrogens is 518 g/mol. The van der Waals surface area contributed by atoms with Crippen LogP contribution in [0.15, 0.2) is 54.6 Å². The molecule has 198 valence electrons.